The number of benzene rings is 3. The van der Waals surface area contributed by atoms with E-state index in [1.165, 1.54) is 36.1 Å². The minimum absolute atomic E-state index is 0.109. The Balaban J connectivity index is 1.14. The van der Waals surface area contributed by atoms with Gasteiger partial charge in [-0.25, -0.2) is 9.78 Å². The second-order valence-corrected chi connectivity index (χ2v) is 11.8. The van der Waals surface area contributed by atoms with Crippen molar-refractivity contribution in [1.82, 2.24) is 14.9 Å². The Morgan fingerprint density at radius 1 is 0.907 bits per heavy atom. The molecule has 2 aliphatic heterocycles. The van der Waals surface area contributed by atoms with Crippen LogP contribution in [-0.4, -0.2) is 52.6 Å². The molecule has 2 fully saturated rings. The van der Waals surface area contributed by atoms with Gasteiger partial charge in [0.2, 0.25) is 0 Å². The molecule has 2 saturated heterocycles. The molecule has 0 radical (unpaired) electrons. The van der Waals surface area contributed by atoms with Gasteiger partial charge in [-0.2, -0.15) is 0 Å². The van der Waals surface area contributed by atoms with E-state index in [1.807, 2.05) is 24.4 Å². The van der Waals surface area contributed by atoms with Crippen LogP contribution in [0, 0.1) is 0 Å². The fraction of sp³-hybridized carbons (Fsp3) is 0.278. The third kappa shape index (κ3) is 5.48. The number of aromatic nitrogens is 2. The molecule has 0 amide bonds. The summed E-state index contributed by atoms with van der Waals surface area (Å²) in [4.78, 5) is 24.4. The molecule has 7 nitrogen and oxygen atoms in total. The first kappa shape index (κ1) is 27.2. The summed E-state index contributed by atoms with van der Waals surface area (Å²) in [7, 11) is 2.22. The van der Waals surface area contributed by atoms with Crippen molar-refractivity contribution in [1.29, 1.82) is 0 Å². The summed E-state index contributed by atoms with van der Waals surface area (Å²) in [5.74, 6) is 0.370. The largest absolute Gasteiger partial charge is 0.478 e. The molecule has 3 aromatic carbocycles. The highest BCUT2D eigenvalue weighted by Gasteiger charge is 2.30. The number of nitrogens with one attached hydrogen (secondary N) is 1. The number of H-pyrrole nitrogens is 1. The van der Waals surface area contributed by atoms with Crippen molar-refractivity contribution >= 4 is 22.7 Å². The van der Waals surface area contributed by atoms with E-state index in [1.54, 1.807) is 18.3 Å². The quantitative estimate of drug-likeness (QED) is 0.207. The number of piperidine rings is 1. The van der Waals surface area contributed by atoms with Crippen LogP contribution in [0.5, 0.6) is 11.5 Å². The number of carboxylic acids is 1. The molecular weight excluding hydrogens is 536 g/mol. The van der Waals surface area contributed by atoms with Crippen molar-refractivity contribution in [3.05, 3.63) is 108 Å². The number of anilines is 1. The summed E-state index contributed by atoms with van der Waals surface area (Å²) < 4.78 is 6.08. The molecule has 0 spiro atoms. The molecule has 4 heterocycles. The molecule has 43 heavy (non-hydrogen) atoms. The number of likely N-dealkylation sites (tertiary alicyclic amines) is 1. The first-order chi connectivity index (χ1) is 21.0. The Hall–Kier alpha value is -4.62. The van der Waals surface area contributed by atoms with Crippen molar-refractivity contribution in [2.24, 2.45) is 0 Å². The van der Waals surface area contributed by atoms with Gasteiger partial charge in [-0.1, -0.05) is 42.5 Å². The molecule has 7 heteroatoms. The van der Waals surface area contributed by atoms with Gasteiger partial charge in [0.25, 0.3) is 0 Å². The SMILES string of the molecule is CN1CCC(c2ccccc2[C@H]2CCCN2c2ccc(-c3ccc(C(=O)O)c(Oc4cnc5[nH]ccc5c4)c3)cc2)CC1. The molecule has 5 aromatic rings. The Morgan fingerprint density at radius 3 is 2.47 bits per heavy atom. The van der Waals surface area contributed by atoms with Crippen molar-refractivity contribution < 1.29 is 14.6 Å². The Kier molecular flexibility index (Phi) is 7.33. The molecule has 0 bridgehead atoms. The van der Waals surface area contributed by atoms with Crippen LogP contribution in [0.3, 0.4) is 0 Å². The van der Waals surface area contributed by atoms with Crippen LogP contribution in [-0.2, 0) is 0 Å². The fourth-order valence-electron chi connectivity index (χ4n) is 6.82. The minimum atomic E-state index is -1.03. The lowest BCUT2D eigenvalue weighted by Crippen LogP contribution is -2.30. The zero-order chi connectivity index (χ0) is 29.3. The molecular formula is C36H36N4O3. The van der Waals surface area contributed by atoms with Gasteiger partial charge in [0, 0.05) is 23.8 Å². The zero-order valence-electron chi connectivity index (χ0n) is 24.4. The average molecular weight is 573 g/mol. The summed E-state index contributed by atoms with van der Waals surface area (Å²) in [6.07, 6.45) is 8.19. The number of nitrogens with zero attached hydrogens (tertiary/aromatic N) is 3. The van der Waals surface area contributed by atoms with E-state index in [-0.39, 0.29) is 11.3 Å². The highest BCUT2D eigenvalue weighted by molar-refractivity contribution is 5.92. The van der Waals surface area contributed by atoms with Gasteiger partial charge >= 0.3 is 5.97 Å². The van der Waals surface area contributed by atoms with Crippen molar-refractivity contribution in [3.8, 4) is 22.6 Å². The van der Waals surface area contributed by atoms with Crippen LogP contribution >= 0.6 is 0 Å². The smallest absolute Gasteiger partial charge is 0.339 e. The molecule has 0 saturated carbocycles. The highest BCUT2D eigenvalue weighted by atomic mass is 16.5. The van der Waals surface area contributed by atoms with Crippen LogP contribution in [0.25, 0.3) is 22.2 Å². The van der Waals surface area contributed by atoms with Crippen LogP contribution in [0.1, 0.15) is 59.1 Å². The van der Waals surface area contributed by atoms with Crippen LogP contribution in [0.4, 0.5) is 5.69 Å². The first-order valence-corrected chi connectivity index (χ1v) is 15.2. The maximum absolute atomic E-state index is 12.0. The molecule has 2 N–H and O–H groups in total. The van der Waals surface area contributed by atoms with Gasteiger partial charge in [0.1, 0.15) is 22.7 Å². The lowest BCUT2D eigenvalue weighted by molar-refractivity contribution is 0.0694. The van der Waals surface area contributed by atoms with Gasteiger partial charge in [-0.3, -0.25) is 0 Å². The van der Waals surface area contributed by atoms with Gasteiger partial charge in [-0.05, 0) is 110 Å². The second-order valence-electron chi connectivity index (χ2n) is 11.8. The second kappa shape index (κ2) is 11.6. The maximum Gasteiger partial charge on any atom is 0.339 e. The van der Waals surface area contributed by atoms with Crippen molar-refractivity contribution in [2.75, 3.05) is 31.6 Å². The third-order valence-electron chi connectivity index (χ3n) is 9.11. The maximum atomic E-state index is 12.0. The average Bonchev–Trinajstić information content (AvgIpc) is 3.71. The summed E-state index contributed by atoms with van der Waals surface area (Å²) in [5, 5.41) is 10.7. The fourth-order valence-corrected chi connectivity index (χ4v) is 6.82. The van der Waals surface area contributed by atoms with E-state index >= 15 is 0 Å². The summed E-state index contributed by atoms with van der Waals surface area (Å²) in [5.41, 5.74) is 7.00. The van der Waals surface area contributed by atoms with E-state index in [0.29, 0.717) is 17.7 Å². The summed E-state index contributed by atoms with van der Waals surface area (Å²) >= 11 is 0. The molecule has 218 valence electrons. The van der Waals surface area contributed by atoms with Gasteiger partial charge in [0.05, 0.1) is 12.2 Å². The molecule has 2 aliphatic rings. The number of hydrogen-bond donors (Lipinski definition) is 2. The van der Waals surface area contributed by atoms with Gasteiger partial charge in [0.15, 0.2) is 0 Å². The lowest BCUT2D eigenvalue weighted by Gasteiger charge is -2.34. The Labute approximate surface area is 251 Å². The summed E-state index contributed by atoms with van der Waals surface area (Å²) in [6, 6.07) is 27.1. The number of rotatable bonds is 7. The van der Waals surface area contributed by atoms with Crippen molar-refractivity contribution in [2.45, 2.75) is 37.6 Å². The normalized spacial score (nSPS) is 17.9. The zero-order valence-corrected chi connectivity index (χ0v) is 24.4. The van der Waals surface area contributed by atoms with Crippen LogP contribution in [0.2, 0.25) is 0 Å². The van der Waals surface area contributed by atoms with Gasteiger partial charge in [-0.15, -0.1) is 0 Å². The molecule has 7 rings (SSSR count). The standard InChI is InChI=1S/C36H36N4O3/c1-39-19-15-25(16-20-39)30-5-2-3-6-31(30)33-7-4-18-40(33)28-11-8-24(9-12-28)26-10-13-32(36(41)42)34(22-26)43-29-21-27-14-17-37-35(27)38-23-29/h2-3,5-6,8-14,17,21-23,25,33H,4,7,15-16,18-20H2,1H3,(H,37,38)(H,41,42)/t33-/m1/s1. The number of hydrogen-bond acceptors (Lipinski definition) is 5. The van der Waals surface area contributed by atoms with E-state index in [2.05, 4.69) is 75.3 Å². The molecule has 1 atom stereocenters. The molecule has 0 unspecified atom stereocenters. The monoisotopic (exact) mass is 572 g/mol. The lowest BCUT2D eigenvalue weighted by atomic mass is 9.84. The number of fused-ring (bicyclic) bond motifs is 1. The number of carboxylic acid groups (broad SMARTS) is 1. The van der Waals surface area contributed by atoms with Crippen LogP contribution < -0.4 is 9.64 Å². The van der Waals surface area contributed by atoms with Gasteiger partial charge < -0.3 is 24.6 Å². The van der Waals surface area contributed by atoms with E-state index < -0.39 is 5.97 Å². The first-order valence-electron chi connectivity index (χ1n) is 15.2. The number of ether oxygens (including phenoxy) is 1. The number of pyridine rings is 1. The Bertz CT molecular complexity index is 1750. The Morgan fingerprint density at radius 2 is 1.67 bits per heavy atom. The third-order valence-corrected chi connectivity index (χ3v) is 9.11. The summed E-state index contributed by atoms with van der Waals surface area (Å²) in [6.45, 7) is 3.36. The number of carbonyl (C=O) groups is 1. The topological polar surface area (TPSA) is 81.7 Å². The van der Waals surface area contributed by atoms with E-state index in [9.17, 15) is 9.90 Å². The predicted molar refractivity (Wildman–Crippen MR) is 170 cm³/mol. The van der Waals surface area contributed by atoms with Crippen molar-refractivity contribution in [3.63, 3.8) is 0 Å². The van der Waals surface area contributed by atoms with Crippen LogP contribution in [0.15, 0.2) is 91.3 Å². The molecule has 2 aromatic heterocycles. The minimum Gasteiger partial charge on any atom is -0.478 e. The predicted octanol–water partition coefficient (Wildman–Crippen LogP) is 7.87. The number of aromatic carboxylic acids is 1. The van der Waals surface area contributed by atoms with E-state index in [0.717, 1.165) is 48.2 Å². The molecule has 0 aliphatic carbocycles. The highest BCUT2D eigenvalue weighted by Crippen LogP contribution is 2.42. The van der Waals surface area contributed by atoms with E-state index in [4.69, 9.17) is 4.74 Å². The number of aromatic amines is 1.